The molecule has 23 heavy (non-hydrogen) atoms. The molecular formula is C17H16FNO3S. The van der Waals surface area contributed by atoms with Crippen molar-refractivity contribution in [1.29, 1.82) is 0 Å². The molecule has 0 spiro atoms. The van der Waals surface area contributed by atoms with Gasteiger partial charge >= 0.3 is 0 Å². The van der Waals surface area contributed by atoms with E-state index in [4.69, 9.17) is 0 Å². The number of amides is 1. The number of sulfone groups is 1. The minimum Gasteiger partial charge on any atom is -0.307 e. The second-order valence-electron chi connectivity index (χ2n) is 5.60. The molecule has 0 saturated heterocycles. The van der Waals surface area contributed by atoms with Crippen LogP contribution in [0.1, 0.15) is 18.9 Å². The van der Waals surface area contributed by atoms with Gasteiger partial charge in [0, 0.05) is 12.0 Å². The molecule has 0 N–H and O–H groups in total. The molecule has 2 aromatic rings. The van der Waals surface area contributed by atoms with Crippen molar-refractivity contribution in [2.75, 3.05) is 4.90 Å². The molecule has 0 fully saturated rings. The molecule has 1 heterocycles. The van der Waals surface area contributed by atoms with E-state index in [1.54, 1.807) is 36.4 Å². The van der Waals surface area contributed by atoms with E-state index in [1.807, 2.05) is 0 Å². The number of carbonyl (C=O) groups excluding carboxylic acids is 1. The van der Waals surface area contributed by atoms with Gasteiger partial charge in [-0.25, -0.2) is 12.8 Å². The predicted octanol–water partition coefficient (Wildman–Crippen LogP) is 2.92. The van der Waals surface area contributed by atoms with Gasteiger partial charge in [-0.15, -0.1) is 0 Å². The Hall–Kier alpha value is -2.21. The molecule has 1 amide bonds. The first-order valence-electron chi connectivity index (χ1n) is 7.28. The first-order valence-corrected chi connectivity index (χ1v) is 8.82. The highest BCUT2D eigenvalue weighted by atomic mass is 32.2. The summed E-state index contributed by atoms with van der Waals surface area (Å²) in [6, 6.07) is 12.6. The smallest absolute Gasteiger partial charge is 0.228 e. The summed E-state index contributed by atoms with van der Waals surface area (Å²) in [5.41, 5.74) is 0.660. The van der Waals surface area contributed by atoms with Crippen LogP contribution >= 0.6 is 0 Å². The number of rotatable bonds is 2. The summed E-state index contributed by atoms with van der Waals surface area (Å²) in [5.74, 6) is -0.743. The van der Waals surface area contributed by atoms with Crippen LogP contribution in [0.3, 0.4) is 0 Å². The van der Waals surface area contributed by atoms with Gasteiger partial charge in [0.05, 0.1) is 22.4 Å². The highest BCUT2D eigenvalue weighted by Gasteiger charge is 2.35. The lowest BCUT2D eigenvalue weighted by Crippen LogP contribution is -2.31. The first kappa shape index (κ1) is 15.7. The van der Waals surface area contributed by atoms with Gasteiger partial charge in [0.1, 0.15) is 5.82 Å². The normalized spacial score (nSPS) is 20.0. The molecule has 0 radical (unpaired) electrons. The van der Waals surface area contributed by atoms with Crippen LogP contribution in [-0.2, 0) is 21.2 Å². The summed E-state index contributed by atoms with van der Waals surface area (Å²) in [7, 11) is -3.58. The summed E-state index contributed by atoms with van der Waals surface area (Å²) in [6.45, 7) is 1.53. The van der Waals surface area contributed by atoms with Gasteiger partial charge in [-0.05, 0) is 25.1 Å². The van der Waals surface area contributed by atoms with Gasteiger partial charge in [0.25, 0.3) is 0 Å². The highest BCUT2D eigenvalue weighted by molar-refractivity contribution is 7.92. The summed E-state index contributed by atoms with van der Waals surface area (Å²) < 4.78 is 39.1. The third-order valence-electron chi connectivity index (χ3n) is 4.04. The minimum absolute atomic E-state index is 0.00472. The second-order valence-corrected chi connectivity index (χ2v) is 7.93. The zero-order chi connectivity index (χ0) is 16.6. The van der Waals surface area contributed by atoms with Crippen LogP contribution in [0.5, 0.6) is 0 Å². The van der Waals surface area contributed by atoms with Crippen molar-refractivity contribution in [2.24, 2.45) is 0 Å². The number of halogens is 1. The van der Waals surface area contributed by atoms with Crippen LogP contribution in [0.15, 0.2) is 53.4 Å². The van der Waals surface area contributed by atoms with Gasteiger partial charge in [-0.2, -0.15) is 0 Å². The molecule has 4 nitrogen and oxygen atoms in total. The van der Waals surface area contributed by atoms with E-state index in [-0.39, 0.29) is 23.8 Å². The van der Waals surface area contributed by atoms with Crippen molar-refractivity contribution >= 4 is 21.4 Å². The van der Waals surface area contributed by atoms with Gasteiger partial charge < -0.3 is 4.90 Å². The number of carbonyl (C=O) groups is 1. The Morgan fingerprint density at radius 3 is 2.52 bits per heavy atom. The van der Waals surface area contributed by atoms with Crippen molar-refractivity contribution in [3.8, 4) is 0 Å². The fraction of sp³-hybridized carbons (Fsp3) is 0.235. The lowest BCUT2D eigenvalue weighted by atomic mass is 10.1. The Kier molecular flexibility index (Phi) is 3.93. The molecule has 6 heteroatoms. The standard InChI is InChI=1S/C17H16FNO3S/c1-12-10-17(20)19(11-13-6-2-3-7-14(13)18)15-8-4-5-9-16(15)23(12,21)22/h2-9,12H,10-11H2,1H3. The Morgan fingerprint density at radius 2 is 1.78 bits per heavy atom. The van der Waals surface area contributed by atoms with Gasteiger partial charge in [0.2, 0.25) is 5.91 Å². The fourth-order valence-corrected chi connectivity index (χ4v) is 4.24. The average molecular weight is 333 g/mol. The molecule has 0 saturated carbocycles. The Morgan fingerprint density at radius 1 is 1.13 bits per heavy atom. The molecule has 1 unspecified atom stereocenters. The molecule has 3 rings (SSSR count). The summed E-state index contributed by atoms with van der Waals surface area (Å²) in [4.78, 5) is 14.0. The molecule has 120 valence electrons. The maximum absolute atomic E-state index is 13.9. The number of fused-ring (bicyclic) bond motifs is 1. The third-order valence-corrected chi connectivity index (χ3v) is 6.23. The minimum atomic E-state index is -3.58. The Labute approximate surface area is 134 Å². The van der Waals surface area contributed by atoms with E-state index in [0.717, 1.165) is 0 Å². The zero-order valence-corrected chi connectivity index (χ0v) is 13.4. The SMILES string of the molecule is CC1CC(=O)N(Cc2ccccc2F)c2ccccc2S1(=O)=O. The zero-order valence-electron chi connectivity index (χ0n) is 12.6. The molecule has 0 aromatic heterocycles. The van der Waals surface area contributed by atoms with Crippen LogP contribution in [0.2, 0.25) is 0 Å². The van der Waals surface area contributed by atoms with Gasteiger partial charge in [0.15, 0.2) is 9.84 Å². The first-order chi connectivity index (χ1) is 10.9. The number of para-hydroxylation sites is 1. The van der Waals surface area contributed by atoms with E-state index in [1.165, 1.54) is 24.0 Å². The summed E-state index contributed by atoms with van der Waals surface area (Å²) >= 11 is 0. The van der Waals surface area contributed by atoms with Crippen LogP contribution in [0, 0.1) is 5.82 Å². The third kappa shape index (κ3) is 2.74. The van der Waals surface area contributed by atoms with Crippen molar-refractivity contribution in [3.05, 3.63) is 59.9 Å². The molecule has 2 aromatic carbocycles. The number of anilines is 1. The molecule has 1 atom stereocenters. The topological polar surface area (TPSA) is 54.5 Å². The monoisotopic (exact) mass is 333 g/mol. The maximum atomic E-state index is 13.9. The quantitative estimate of drug-likeness (QED) is 0.849. The fourth-order valence-electron chi connectivity index (χ4n) is 2.71. The Bertz CT molecular complexity index is 864. The number of hydrogen-bond acceptors (Lipinski definition) is 3. The van der Waals surface area contributed by atoms with Gasteiger partial charge in [-0.3, -0.25) is 4.79 Å². The van der Waals surface area contributed by atoms with E-state index in [2.05, 4.69) is 0 Å². The van der Waals surface area contributed by atoms with E-state index in [0.29, 0.717) is 11.3 Å². The van der Waals surface area contributed by atoms with Crippen molar-refractivity contribution in [2.45, 2.75) is 30.0 Å². The van der Waals surface area contributed by atoms with Crippen LogP contribution < -0.4 is 4.90 Å². The second kappa shape index (κ2) is 5.77. The lowest BCUT2D eigenvalue weighted by Gasteiger charge is -2.22. The van der Waals surface area contributed by atoms with Crippen molar-refractivity contribution in [1.82, 2.24) is 0 Å². The largest absolute Gasteiger partial charge is 0.307 e. The molecule has 1 aliphatic rings. The van der Waals surface area contributed by atoms with Crippen LogP contribution in [0.25, 0.3) is 0 Å². The van der Waals surface area contributed by atoms with E-state index in [9.17, 15) is 17.6 Å². The van der Waals surface area contributed by atoms with Gasteiger partial charge in [-0.1, -0.05) is 30.3 Å². The molecule has 0 bridgehead atoms. The predicted molar refractivity (Wildman–Crippen MR) is 85.3 cm³/mol. The highest BCUT2D eigenvalue weighted by Crippen LogP contribution is 2.34. The molecule has 1 aliphatic heterocycles. The van der Waals surface area contributed by atoms with E-state index >= 15 is 0 Å². The maximum Gasteiger partial charge on any atom is 0.228 e. The van der Waals surface area contributed by atoms with E-state index < -0.39 is 20.9 Å². The molecular weight excluding hydrogens is 317 g/mol. The van der Waals surface area contributed by atoms with Crippen LogP contribution in [-0.4, -0.2) is 19.6 Å². The number of nitrogens with zero attached hydrogens (tertiary/aromatic N) is 1. The van der Waals surface area contributed by atoms with Crippen molar-refractivity contribution < 1.29 is 17.6 Å². The number of benzene rings is 2. The lowest BCUT2D eigenvalue weighted by molar-refractivity contribution is -0.118. The Balaban J connectivity index is 2.13. The average Bonchev–Trinajstić information content (AvgIpc) is 2.59. The van der Waals surface area contributed by atoms with Crippen molar-refractivity contribution in [3.63, 3.8) is 0 Å². The molecule has 0 aliphatic carbocycles. The summed E-state index contributed by atoms with van der Waals surface area (Å²) in [6.07, 6.45) is -0.120. The summed E-state index contributed by atoms with van der Waals surface area (Å²) in [5, 5.41) is -0.804. The number of hydrogen-bond donors (Lipinski definition) is 0. The van der Waals surface area contributed by atoms with Crippen LogP contribution in [0.4, 0.5) is 10.1 Å².